The van der Waals surface area contributed by atoms with Crippen molar-refractivity contribution in [1.29, 1.82) is 0 Å². The van der Waals surface area contributed by atoms with Gasteiger partial charge >= 0.3 is 0 Å². The molecule has 1 fully saturated rings. The quantitative estimate of drug-likeness (QED) is 0.580. The Morgan fingerprint density at radius 3 is 2.61 bits per heavy atom. The summed E-state index contributed by atoms with van der Waals surface area (Å²) in [6, 6.07) is 13.4. The monoisotopic (exact) mass is 441 g/mol. The van der Waals surface area contributed by atoms with E-state index in [0.29, 0.717) is 24.7 Å². The van der Waals surface area contributed by atoms with Gasteiger partial charge in [-0.3, -0.25) is 9.89 Å². The zero-order valence-electron chi connectivity index (χ0n) is 17.0. The Morgan fingerprint density at radius 1 is 1.16 bits per heavy atom. The normalized spacial score (nSPS) is 14.5. The van der Waals surface area contributed by atoms with Crippen molar-refractivity contribution in [3.63, 3.8) is 0 Å². The van der Waals surface area contributed by atoms with E-state index in [2.05, 4.69) is 20.5 Å². The molecule has 0 saturated carbocycles. The summed E-state index contributed by atoms with van der Waals surface area (Å²) in [4.78, 5) is 17.1. The summed E-state index contributed by atoms with van der Waals surface area (Å²) in [7, 11) is -1.98. The lowest BCUT2D eigenvalue weighted by Gasteiger charge is -2.15. The van der Waals surface area contributed by atoms with E-state index < -0.39 is 10.0 Å². The van der Waals surface area contributed by atoms with Gasteiger partial charge in [0.05, 0.1) is 18.6 Å². The number of ether oxygens (including phenoxy) is 1. The highest BCUT2D eigenvalue weighted by Crippen LogP contribution is 2.22. The summed E-state index contributed by atoms with van der Waals surface area (Å²) in [5, 5.41) is 9.72. The largest absolute Gasteiger partial charge is 0.497 e. The Labute approximate surface area is 180 Å². The molecule has 1 aliphatic heterocycles. The second-order valence-corrected chi connectivity index (χ2v) is 9.09. The van der Waals surface area contributed by atoms with E-state index in [-0.39, 0.29) is 22.9 Å². The Balaban J connectivity index is 1.42. The summed E-state index contributed by atoms with van der Waals surface area (Å²) in [6.07, 6.45) is 1.71. The van der Waals surface area contributed by atoms with Crippen molar-refractivity contribution >= 4 is 15.9 Å². The minimum Gasteiger partial charge on any atom is -0.497 e. The molecule has 162 valence electrons. The molecule has 0 spiro atoms. The predicted molar refractivity (Wildman–Crippen MR) is 114 cm³/mol. The first-order valence-corrected chi connectivity index (χ1v) is 11.4. The van der Waals surface area contributed by atoms with E-state index in [9.17, 15) is 13.2 Å². The Bertz CT molecular complexity index is 1170. The summed E-state index contributed by atoms with van der Waals surface area (Å²) in [5.41, 5.74) is 1.09. The van der Waals surface area contributed by atoms with E-state index >= 15 is 0 Å². The maximum atomic E-state index is 12.7. The van der Waals surface area contributed by atoms with Crippen LogP contribution in [-0.4, -0.2) is 54.0 Å². The average Bonchev–Trinajstić information content (AvgIpc) is 3.50. The smallest absolute Gasteiger partial charge is 0.251 e. The first-order chi connectivity index (χ1) is 15.0. The molecule has 1 aromatic heterocycles. The number of rotatable bonds is 7. The van der Waals surface area contributed by atoms with E-state index in [0.717, 1.165) is 24.2 Å². The van der Waals surface area contributed by atoms with Crippen LogP contribution in [0.25, 0.3) is 11.4 Å². The second kappa shape index (κ2) is 8.86. The van der Waals surface area contributed by atoms with Crippen LogP contribution in [0.3, 0.4) is 0 Å². The zero-order chi connectivity index (χ0) is 21.8. The molecule has 1 aliphatic rings. The lowest BCUT2D eigenvalue weighted by molar-refractivity contribution is 0.0949. The van der Waals surface area contributed by atoms with Crippen molar-refractivity contribution in [2.75, 3.05) is 20.2 Å². The minimum atomic E-state index is -3.58. The number of carbonyl (C=O) groups is 1. The number of nitrogens with zero attached hydrogens (tertiary/aromatic N) is 3. The first kappa shape index (κ1) is 21.0. The van der Waals surface area contributed by atoms with Gasteiger partial charge in [0.15, 0.2) is 5.82 Å². The number of H-pyrrole nitrogens is 1. The van der Waals surface area contributed by atoms with Crippen molar-refractivity contribution in [3.05, 3.63) is 59.9 Å². The van der Waals surface area contributed by atoms with Gasteiger partial charge in [-0.25, -0.2) is 13.4 Å². The number of hydrogen-bond acceptors (Lipinski definition) is 6. The van der Waals surface area contributed by atoms with Gasteiger partial charge in [0.2, 0.25) is 10.0 Å². The fourth-order valence-electron chi connectivity index (χ4n) is 3.38. The van der Waals surface area contributed by atoms with Crippen molar-refractivity contribution in [2.45, 2.75) is 24.3 Å². The molecule has 2 heterocycles. The zero-order valence-corrected chi connectivity index (χ0v) is 17.9. The molecular weight excluding hydrogens is 418 g/mol. The van der Waals surface area contributed by atoms with Crippen LogP contribution in [0, 0.1) is 0 Å². The molecule has 0 bridgehead atoms. The molecule has 9 nitrogen and oxygen atoms in total. The fraction of sp³-hybridized carbons (Fsp3) is 0.286. The van der Waals surface area contributed by atoms with Crippen LogP contribution in [0.5, 0.6) is 5.75 Å². The molecule has 0 atom stereocenters. The highest BCUT2D eigenvalue weighted by atomic mass is 32.2. The molecule has 0 unspecified atom stereocenters. The maximum Gasteiger partial charge on any atom is 0.251 e. The summed E-state index contributed by atoms with van der Waals surface area (Å²) in [5.74, 6) is 1.34. The second-order valence-electron chi connectivity index (χ2n) is 7.16. The molecule has 2 N–H and O–H groups in total. The number of sulfonamides is 1. The van der Waals surface area contributed by atoms with Crippen LogP contribution in [0.15, 0.2) is 53.4 Å². The lowest BCUT2D eigenvalue weighted by atomic mass is 10.2. The number of aromatic amines is 1. The number of carbonyl (C=O) groups excluding carboxylic acids is 1. The van der Waals surface area contributed by atoms with Crippen LogP contribution in [0.2, 0.25) is 0 Å². The number of amides is 1. The van der Waals surface area contributed by atoms with E-state index in [1.165, 1.54) is 16.4 Å². The van der Waals surface area contributed by atoms with Crippen molar-refractivity contribution < 1.29 is 17.9 Å². The van der Waals surface area contributed by atoms with Crippen LogP contribution in [0.1, 0.15) is 29.0 Å². The van der Waals surface area contributed by atoms with Gasteiger partial charge in [-0.15, -0.1) is 0 Å². The highest BCUT2D eigenvalue weighted by molar-refractivity contribution is 7.89. The Kier molecular flexibility index (Phi) is 6.01. The summed E-state index contributed by atoms with van der Waals surface area (Å²) in [6.45, 7) is 1.16. The van der Waals surface area contributed by atoms with Gasteiger partial charge in [0.25, 0.3) is 5.91 Å². The lowest BCUT2D eigenvalue weighted by Crippen LogP contribution is -2.28. The van der Waals surface area contributed by atoms with Crippen LogP contribution in [-0.2, 0) is 16.6 Å². The minimum absolute atomic E-state index is 0.128. The number of aromatic nitrogens is 3. The Hall–Kier alpha value is -3.24. The topological polar surface area (TPSA) is 117 Å². The van der Waals surface area contributed by atoms with Gasteiger partial charge in [0, 0.05) is 24.2 Å². The van der Waals surface area contributed by atoms with Gasteiger partial charge in [0.1, 0.15) is 11.6 Å². The molecule has 4 rings (SSSR count). The number of methoxy groups -OCH3 is 1. The van der Waals surface area contributed by atoms with Crippen LogP contribution < -0.4 is 10.1 Å². The summed E-state index contributed by atoms with van der Waals surface area (Å²) < 4.78 is 32.1. The highest BCUT2D eigenvalue weighted by Gasteiger charge is 2.27. The third-order valence-electron chi connectivity index (χ3n) is 5.10. The molecule has 2 aromatic carbocycles. The van der Waals surface area contributed by atoms with Crippen molar-refractivity contribution in [1.82, 2.24) is 24.8 Å². The van der Waals surface area contributed by atoms with Gasteiger partial charge in [-0.1, -0.05) is 6.07 Å². The molecule has 10 heteroatoms. The molecule has 0 radical (unpaired) electrons. The number of nitrogens with one attached hydrogen (secondary N) is 2. The van der Waals surface area contributed by atoms with E-state index in [1.807, 2.05) is 24.3 Å². The van der Waals surface area contributed by atoms with Crippen molar-refractivity contribution in [3.8, 4) is 17.1 Å². The Morgan fingerprint density at radius 2 is 1.90 bits per heavy atom. The van der Waals surface area contributed by atoms with Crippen LogP contribution in [0.4, 0.5) is 0 Å². The number of benzene rings is 2. The summed E-state index contributed by atoms with van der Waals surface area (Å²) >= 11 is 0. The van der Waals surface area contributed by atoms with E-state index in [1.54, 1.807) is 19.2 Å². The number of hydrogen-bond donors (Lipinski definition) is 2. The van der Waals surface area contributed by atoms with Crippen molar-refractivity contribution in [2.24, 2.45) is 0 Å². The van der Waals surface area contributed by atoms with Crippen LogP contribution >= 0.6 is 0 Å². The SMILES string of the molecule is COc1ccc(-c2n[nH]c(CNC(=O)c3cccc(S(=O)(=O)N4CCCC4)c3)n2)cc1. The fourth-order valence-corrected chi connectivity index (χ4v) is 4.95. The predicted octanol–water partition coefficient (Wildman–Crippen LogP) is 2.19. The molecule has 1 amide bonds. The van der Waals surface area contributed by atoms with Gasteiger partial charge < -0.3 is 10.1 Å². The molecular formula is C21H23N5O4S. The van der Waals surface area contributed by atoms with Gasteiger partial charge in [-0.2, -0.15) is 9.40 Å². The molecule has 31 heavy (non-hydrogen) atoms. The third kappa shape index (κ3) is 4.59. The average molecular weight is 442 g/mol. The molecule has 0 aliphatic carbocycles. The third-order valence-corrected chi connectivity index (χ3v) is 6.99. The maximum absolute atomic E-state index is 12.7. The molecule has 3 aromatic rings. The molecule has 1 saturated heterocycles. The van der Waals surface area contributed by atoms with Gasteiger partial charge in [-0.05, 0) is 55.3 Å². The first-order valence-electron chi connectivity index (χ1n) is 9.91. The van der Waals surface area contributed by atoms with E-state index in [4.69, 9.17) is 4.74 Å². The standard InChI is InChI=1S/C21H23N5O4S/c1-30-17-9-7-15(8-10-17)20-23-19(24-25-20)14-22-21(27)16-5-4-6-18(13-16)31(28,29)26-11-2-3-12-26/h4-10,13H,2-3,11-12,14H2,1H3,(H,22,27)(H,23,24,25).